The predicted molar refractivity (Wildman–Crippen MR) is 47.3 cm³/mol. The van der Waals surface area contributed by atoms with Gasteiger partial charge in [0.25, 0.3) is 0 Å². The average Bonchev–Trinajstić information content (AvgIpc) is 2.46. The first-order valence-corrected chi connectivity index (χ1v) is 4.70. The largest absolute Gasteiger partial charge is 0.462 e. The molecular formula is C9H12F3NO3. The van der Waals surface area contributed by atoms with Crippen LogP contribution in [0.2, 0.25) is 0 Å². The van der Waals surface area contributed by atoms with Gasteiger partial charge in [0.1, 0.15) is 11.5 Å². The first kappa shape index (κ1) is 12.8. The summed E-state index contributed by atoms with van der Waals surface area (Å²) in [6, 6.07) is 0. The van der Waals surface area contributed by atoms with Crippen molar-refractivity contribution in [3.63, 3.8) is 0 Å². The van der Waals surface area contributed by atoms with E-state index in [1.54, 1.807) is 0 Å². The third kappa shape index (κ3) is 2.12. The van der Waals surface area contributed by atoms with Gasteiger partial charge in [-0.2, -0.15) is 13.2 Å². The molecule has 1 aliphatic heterocycles. The van der Waals surface area contributed by atoms with Gasteiger partial charge in [-0.15, -0.1) is 0 Å². The van der Waals surface area contributed by atoms with Crippen LogP contribution in [0.5, 0.6) is 0 Å². The van der Waals surface area contributed by atoms with E-state index in [0.717, 1.165) is 13.8 Å². The molecule has 0 radical (unpaired) electrons. The number of hydrogen-bond acceptors (Lipinski definition) is 3. The smallest absolute Gasteiger partial charge is 0.400 e. The summed E-state index contributed by atoms with van der Waals surface area (Å²) in [4.78, 5) is 21.6. The fraction of sp³-hybridized carbons (Fsp3) is 0.778. The highest BCUT2D eigenvalue weighted by Crippen LogP contribution is 2.46. The van der Waals surface area contributed by atoms with Gasteiger partial charge in [0, 0.05) is 19.9 Å². The van der Waals surface area contributed by atoms with Crippen molar-refractivity contribution in [3.8, 4) is 0 Å². The van der Waals surface area contributed by atoms with E-state index in [1.807, 2.05) is 0 Å². The minimum atomic E-state index is -4.60. The van der Waals surface area contributed by atoms with E-state index in [2.05, 4.69) is 10.1 Å². The fourth-order valence-electron chi connectivity index (χ4n) is 1.75. The van der Waals surface area contributed by atoms with Gasteiger partial charge in [-0.05, 0) is 6.92 Å². The molecule has 1 fully saturated rings. The number of amides is 1. The summed E-state index contributed by atoms with van der Waals surface area (Å²) >= 11 is 0. The predicted octanol–water partition coefficient (Wildman–Crippen LogP) is 1.01. The molecule has 0 aliphatic carbocycles. The summed E-state index contributed by atoms with van der Waals surface area (Å²) in [5.41, 5.74) is -2.31. The van der Waals surface area contributed by atoms with Crippen molar-refractivity contribution in [2.45, 2.75) is 32.5 Å². The Bertz CT molecular complexity index is 316. The lowest BCUT2D eigenvalue weighted by Gasteiger charge is -2.34. The highest BCUT2D eigenvalue weighted by atomic mass is 19.4. The second-order valence-corrected chi connectivity index (χ2v) is 3.86. The van der Waals surface area contributed by atoms with E-state index in [0.29, 0.717) is 0 Å². The molecule has 0 saturated carbocycles. The zero-order valence-corrected chi connectivity index (χ0v) is 8.85. The van der Waals surface area contributed by atoms with Crippen molar-refractivity contribution >= 4 is 11.9 Å². The molecule has 16 heavy (non-hydrogen) atoms. The monoisotopic (exact) mass is 239 g/mol. The number of rotatable bonds is 2. The van der Waals surface area contributed by atoms with Crippen LogP contribution in [-0.4, -0.2) is 30.7 Å². The normalized spacial score (nSPS) is 27.4. The van der Waals surface area contributed by atoms with Gasteiger partial charge >= 0.3 is 12.1 Å². The number of nitrogens with one attached hydrogen (secondary N) is 1. The first-order valence-electron chi connectivity index (χ1n) is 4.70. The topological polar surface area (TPSA) is 55.4 Å². The fourth-order valence-corrected chi connectivity index (χ4v) is 1.75. The van der Waals surface area contributed by atoms with Crippen molar-refractivity contribution < 1.29 is 27.5 Å². The molecule has 1 heterocycles. The molecule has 1 saturated heterocycles. The number of carbonyl (C=O) groups excluding carboxylic acids is 2. The molecule has 2 unspecified atom stereocenters. The zero-order valence-electron chi connectivity index (χ0n) is 8.85. The molecule has 1 rings (SSSR count). The second-order valence-electron chi connectivity index (χ2n) is 3.86. The summed E-state index contributed by atoms with van der Waals surface area (Å²) in [6.07, 6.45) is -6.68. The summed E-state index contributed by atoms with van der Waals surface area (Å²) in [6.45, 7) is 1.63. The molecular weight excluding hydrogens is 227 g/mol. The number of hydrogen-bond donors (Lipinski definition) is 1. The molecule has 92 valence electrons. The standard InChI is InChI=1S/C9H12F3NO3/c1-5(16-6(2)14)8(9(10,11)12)3-7(15)13-4-8/h5H,3-4H2,1-2H3,(H,13,15). The van der Waals surface area contributed by atoms with Gasteiger partial charge in [-0.1, -0.05) is 0 Å². The lowest BCUT2D eigenvalue weighted by molar-refractivity contribution is -0.248. The summed E-state index contributed by atoms with van der Waals surface area (Å²) in [5, 5.41) is 2.12. The third-order valence-corrected chi connectivity index (χ3v) is 2.76. The van der Waals surface area contributed by atoms with E-state index in [4.69, 9.17) is 0 Å². The number of ether oxygens (including phenoxy) is 1. The Kier molecular flexibility index (Phi) is 3.16. The molecule has 1 N–H and O–H groups in total. The minimum absolute atomic E-state index is 0.552. The summed E-state index contributed by atoms with van der Waals surface area (Å²) in [7, 11) is 0. The van der Waals surface area contributed by atoms with Gasteiger partial charge in [0.05, 0.1) is 0 Å². The van der Waals surface area contributed by atoms with Gasteiger partial charge in [-0.3, -0.25) is 9.59 Å². The molecule has 1 aliphatic rings. The lowest BCUT2D eigenvalue weighted by atomic mass is 9.81. The van der Waals surface area contributed by atoms with Crippen molar-refractivity contribution in [1.29, 1.82) is 0 Å². The Morgan fingerprint density at radius 2 is 2.12 bits per heavy atom. The van der Waals surface area contributed by atoms with Crippen LogP contribution in [0, 0.1) is 5.41 Å². The van der Waals surface area contributed by atoms with Crippen LogP contribution in [-0.2, 0) is 14.3 Å². The number of halogens is 3. The van der Waals surface area contributed by atoms with E-state index >= 15 is 0 Å². The van der Waals surface area contributed by atoms with Crippen LogP contribution in [0.25, 0.3) is 0 Å². The maximum atomic E-state index is 12.9. The van der Waals surface area contributed by atoms with Crippen molar-refractivity contribution in [2.24, 2.45) is 5.41 Å². The Morgan fingerprint density at radius 1 is 1.56 bits per heavy atom. The molecule has 0 bridgehead atoms. The zero-order chi connectivity index (χ0) is 12.6. The molecule has 0 aromatic heterocycles. The van der Waals surface area contributed by atoms with Crippen molar-refractivity contribution in [1.82, 2.24) is 5.32 Å². The highest BCUT2D eigenvalue weighted by Gasteiger charge is 2.62. The molecule has 0 spiro atoms. The summed E-state index contributed by atoms with van der Waals surface area (Å²) < 4.78 is 43.3. The Balaban J connectivity index is 2.97. The van der Waals surface area contributed by atoms with Gasteiger partial charge in [0.2, 0.25) is 5.91 Å². The number of alkyl halides is 3. The minimum Gasteiger partial charge on any atom is -0.462 e. The van der Waals surface area contributed by atoms with E-state index in [1.165, 1.54) is 0 Å². The maximum Gasteiger partial charge on any atom is 0.400 e. The lowest BCUT2D eigenvalue weighted by Crippen LogP contribution is -2.49. The first-order chi connectivity index (χ1) is 7.19. The molecule has 0 aromatic rings. The van der Waals surface area contributed by atoms with E-state index in [9.17, 15) is 22.8 Å². The van der Waals surface area contributed by atoms with E-state index < -0.39 is 42.5 Å². The van der Waals surface area contributed by atoms with Crippen LogP contribution >= 0.6 is 0 Å². The van der Waals surface area contributed by atoms with Crippen LogP contribution in [0.15, 0.2) is 0 Å². The van der Waals surface area contributed by atoms with E-state index in [-0.39, 0.29) is 0 Å². The Labute approximate surface area is 90.1 Å². The van der Waals surface area contributed by atoms with Crippen molar-refractivity contribution in [2.75, 3.05) is 6.54 Å². The summed E-state index contributed by atoms with van der Waals surface area (Å²) in [5.74, 6) is -1.48. The number of carbonyl (C=O) groups is 2. The van der Waals surface area contributed by atoms with Crippen LogP contribution in [0.1, 0.15) is 20.3 Å². The average molecular weight is 239 g/mol. The van der Waals surface area contributed by atoms with Gasteiger partial charge in [0.15, 0.2) is 0 Å². The van der Waals surface area contributed by atoms with Gasteiger partial charge in [-0.25, -0.2) is 0 Å². The Morgan fingerprint density at radius 3 is 2.44 bits per heavy atom. The molecule has 4 nitrogen and oxygen atoms in total. The third-order valence-electron chi connectivity index (χ3n) is 2.76. The quantitative estimate of drug-likeness (QED) is 0.731. The molecule has 7 heteroatoms. The SMILES string of the molecule is CC(=O)OC(C)C1(C(F)(F)F)CNC(=O)C1. The molecule has 0 aromatic carbocycles. The molecule has 2 atom stereocenters. The van der Waals surface area contributed by atoms with Crippen LogP contribution in [0.3, 0.4) is 0 Å². The maximum absolute atomic E-state index is 12.9. The highest BCUT2D eigenvalue weighted by molar-refractivity contribution is 5.79. The Hall–Kier alpha value is -1.27. The van der Waals surface area contributed by atoms with Gasteiger partial charge < -0.3 is 10.1 Å². The van der Waals surface area contributed by atoms with Crippen LogP contribution < -0.4 is 5.32 Å². The molecule has 1 amide bonds. The second kappa shape index (κ2) is 3.95. The van der Waals surface area contributed by atoms with Crippen molar-refractivity contribution in [3.05, 3.63) is 0 Å². The number of esters is 1. The van der Waals surface area contributed by atoms with Crippen LogP contribution in [0.4, 0.5) is 13.2 Å².